The van der Waals surface area contributed by atoms with Crippen LogP contribution in [0.3, 0.4) is 0 Å². The van der Waals surface area contributed by atoms with Gasteiger partial charge in [0.1, 0.15) is 17.3 Å². The van der Waals surface area contributed by atoms with Crippen molar-refractivity contribution in [3.05, 3.63) is 112 Å². The Kier molecular flexibility index (Phi) is 7.87. The van der Waals surface area contributed by atoms with Crippen molar-refractivity contribution in [1.82, 2.24) is 9.78 Å². The molecule has 4 heterocycles. The van der Waals surface area contributed by atoms with Crippen LogP contribution in [0.4, 0.5) is 11.5 Å². The highest BCUT2D eigenvalue weighted by atomic mass is 35.5. The quantitative estimate of drug-likeness (QED) is 0.141. The molecule has 2 aliphatic carbocycles. The predicted octanol–water partition coefficient (Wildman–Crippen LogP) is 8.70. The number of aromatic hydroxyl groups is 1. The van der Waals surface area contributed by atoms with Crippen LogP contribution in [0, 0.1) is 36.0 Å². The van der Waals surface area contributed by atoms with Crippen molar-refractivity contribution in [2.75, 3.05) is 9.80 Å². The van der Waals surface area contributed by atoms with E-state index in [9.17, 15) is 19.5 Å². The van der Waals surface area contributed by atoms with Gasteiger partial charge in [0, 0.05) is 39.3 Å². The van der Waals surface area contributed by atoms with Crippen LogP contribution in [0.1, 0.15) is 42.4 Å². The van der Waals surface area contributed by atoms with Crippen LogP contribution in [0.5, 0.6) is 5.75 Å². The Morgan fingerprint density at radius 2 is 1.65 bits per heavy atom. The van der Waals surface area contributed by atoms with Crippen molar-refractivity contribution >= 4 is 85.8 Å². The largest absolute Gasteiger partial charge is 0.508 e. The number of aromatic nitrogens is 2. The topological polar surface area (TPSA) is 113 Å². The van der Waals surface area contributed by atoms with Gasteiger partial charge in [0.2, 0.25) is 23.6 Å². The molecule has 272 valence electrons. The molecule has 12 heteroatoms. The predicted molar refractivity (Wildman–Crippen MR) is 211 cm³/mol. The molecule has 2 aromatic heterocycles. The maximum absolute atomic E-state index is 15.1. The highest BCUT2D eigenvalue weighted by Gasteiger charge is 2.68. The smallest absolute Gasteiger partial charge is 0.242 e. The molecule has 0 spiro atoms. The lowest BCUT2D eigenvalue weighted by atomic mass is 9.51. The molecule has 0 radical (unpaired) electrons. The third-order valence-electron chi connectivity index (χ3n) is 12.2. The minimum absolute atomic E-state index is 0.0762. The van der Waals surface area contributed by atoms with E-state index >= 15 is 4.79 Å². The standard InChI is InChI=1S/C42H34Cl2N4O5S/c1-5-21-6-10-24(11-7-21)47-38(50)26-13-12-25-28(35(26)40(47)52)18-30-39(51)48(41(53)42(30,3)36(25)29-17-22(43)8-14-32(29)49)34-19-31(45-46(34)4)37-20(2)27-16-23(44)9-15-33(27)54-37/h5-12,14-17,19,26,28,30,35-36,49H,1,13,18H2,2-4H3/t26-,28+,30-,35-,36+,42+/m0/s1. The van der Waals surface area contributed by atoms with E-state index in [1.807, 2.05) is 31.2 Å². The van der Waals surface area contributed by atoms with Crippen molar-refractivity contribution in [3.8, 4) is 16.3 Å². The molecule has 6 atom stereocenters. The number of hydrogen-bond acceptors (Lipinski definition) is 7. The fourth-order valence-electron chi connectivity index (χ4n) is 9.56. The Bertz CT molecular complexity index is 2540. The SMILES string of the molecule is C=Cc1ccc(N2C(=O)[C@H]3[C@H](CC=C4[C@H]3C[C@H]3C(=O)N(c5cc(-c6sc7ccc(Cl)cc7c6C)nn5C)C(=O)[C@@]3(C)[C@H]4c3cc(Cl)ccc3O)C2=O)cc1. The molecule has 5 aromatic rings. The van der Waals surface area contributed by atoms with Crippen LogP contribution >= 0.6 is 34.5 Å². The molecule has 4 amide bonds. The first-order valence-corrected chi connectivity index (χ1v) is 19.3. The molecule has 54 heavy (non-hydrogen) atoms. The van der Waals surface area contributed by atoms with Crippen molar-refractivity contribution < 1.29 is 24.3 Å². The van der Waals surface area contributed by atoms with Crippen molar-refractivity contribution in [2.24, 2.45) is 36.1 Å². The monoisotopic (exact) mass is 776 g/mol. The van der Waals surface area contributed by atoms with E-state index in [1.54, 1.807) is 78.5 Å². The maximum Gasteiger partial charge on any atom is 0.242 e. The average molecular weight is 778 g/mol. The second-order valence-electron chi connectivity index (χ2n) is 14.9. The molecule has 3 fully saturated rings. The van der Waals surface area contributed by atoms with Crippen LogP contribution in [-0.4, -0.2) is 38.5 Å². The summed E-state index contributed by atoms with van der Waals surface area (Å²) < 4.78 is 2.59. The number of phenols is 1. The summed E-state index contributed by atoms with van der Waals surface area (Å²) in [5, 5.41) is 18.2. The third kappa shape index (κ3) is 4.79. The summed E-state index contributed by atoms with van der Waals surface area (Å²) in [5.74, 6) is -4.88. The number of carbonyl (C=O) groups excluding carboxylic acids is 4. The number of amides is 4. The molecule has 9 rings (SSSR count). The number of anilines is 2. The number of rotatable bonds is 5. The Hall–Kier alpha value is -5.03. The first kappa shape index (κ1) is 34.7. The lowest BCUT2D eigenvalue weighted by Crippen LogP contribution is -2.49. The number of thiophene rings is 1. The minimum atomic E-state index is -1.37. The molecule has 1 saturated carbocycles. The van der Waals surface area contributed by atoms with Crippen molar-refractivity contribution in [3.63, 3.8) is 0 Å². The van der Waals surface area contributed by atoms with E-state index in [0.717, 1.165) is 31.7 Å². The van der Waals surface area contributed by atoms with E-state index in [4.69, 9.17) is 28.3 Å². The normalized spacial score (nSPS) is 26.3. The van der Waals surface area contributed by atoms with Gasteiger partial charge in [-0.1, -0.05) is 59.6 Å². The minimum Gasteiger partial charge on any atom is -0.508 e. The van der Waals surface area contributed by atoms with Crippen LogP contribution in [0.25, 0.3) is 26.7 Å². The van der Waals surface area contributed by atoms with Crippen molar-refractivity contribution in [2.45, 2.75) is 32.6 Å². The Labute approximate surface area is 325 Å². The van der Waals surface area contributed by atoms with E-state index in [2.05, 4.69) is 6.58 Å². The van der Waals surface area contributed by atoms with Gasteiger partial charge < -0.3 is 5.11 Å². The molecule has 2 aliphatic heterocycles. The number of halogens is 2. The Balaban J connectivity index is 1.15. The number of allylic oxidation sites excluding steroid dienone is 2. The molecule has 0 bridgehead atoms. The molecule has 9 nitrogen and oxygen atoms in total. The number of aryl methyl sites for hydroxylation is 2. The second kappa shape index (κ2) is 12.2. The molecule has 0 unspecified atom stereocenters. The summed E-state index contributed by atoms with van der Waals surface area (Å²) >= 11 is 14.4. The van der Waals surface area contributed by atoms with Gasteiger partial charge in [-0.2, -0.15) is 5.10 Å². The first-order chi connectivity index (χ1) is 25.8. The zero-order chi connectivity index (χ0) is 38.0. The van der Waals surface area contributed by atoms with Gasteiger partial charge in [0.05, 0.1) is 33.7 Å². The van der Waals surface area contributed by atoms with E-state index in [-0.39, 0.29) is 30.4 Å². The summed E-state index contributed by atoms with van der Waals surface area (Å²) in [6.45, 7) is 7.57. The lowest BCUT2D eigenvalue weighted by molar-refractivity contribution is -0.131. The number of nitrogens with zero attached hydrogens (tertiary/aromatic N) is 4. The zero-order valence-electron chi connectivity index (χ0n) is 29.5. The zero-order valence-corrected chi connectivity index (χ0v) is 31.9. The third-order valence-corrected chi connectivity index (χ3v) is 13.9. The number of carbonyl (C=O) groups is 4. The summed E-state index contributed by atoms with van der Waals surface area (Å²) in [7, 11) is 1.70. The number of imide groups is 2. The molecule has 4 aliphatic rings. The Morgan fingerprint density at radius 3 is 2.39 bits per heavy atom. The van der Waals surface area contributed by atoms with Gasteiger partial charge in [-0.15, -0.1) is 11.3 Å². The van der Waals surface area contributed by atoms with Crippen LogP contribution < -0.4 is 9.80 Å². The lowest BCUT2D eigenvalue weighted by Gasteiger charge is -2.49. The number of benzene rings is 3. The average Bonchev–Trinajstić information content (AvgIpc) is 3.83. The second-order valence-corrected chi connectivity index (χ2v) is 16.8. The highest BCUT2D eigenvalue weighted by molar-refractivity contribution is 7.22. The molecule has 3 aromatic carbocycles. The van der Waals surface area contributed by atoms with Crippen LogP contribution in [0.15, 0.2) is 85.0 Å². The first-order valence-electron chi connectivity index (χ1n) is 17.7. The van der Waals surface area contributed by atoms with Gasteiger partial charge in [-0.25, -0.2) is 4.90 Å². The number of fused-ring (bicyclic) bond motifs is 5. The molecule has 2 saturated heterocycles. The van der Waals surface area contributed by atoms with Gasteiger partial charge in [0.15, 0.2) is 0 Å². The van der Waals surface area contributed by atoms with Crippen LogP contribution in [-0.2, 0) is 26.2 Å². The van der Waals surface area contributed by atoms with E-state index < -0.39 is 46.8 Å². The summed E-state index contributed by atoms with van der Waals surface area (Å²) in [6.07, 6.45) is 4.09. The Morgan fingerprint density at radius 1 is 0.926 bits per heavy atom. The maximum atomic E-state index is 15.1. The van der Waals surface area contributed by atoms with E-state index in [1.165, 1.54) is 15.9 Å². The van der Waals surface area contributed by atoms with Crippen molar-refractivity contribution in [1.29, 1.82) is 0 Å². The molecular weight excluding hydrogens is 743 g/mol. The summed E-state index contributed by atoms with van der Waals surface area (Å²) in [6, 6.07) is 19.2. The molecular formula is C42H34Cl2N4O5S. The summed E-state index contributed by atoms with van der Waals surface area (Å²) in [5.41, 5.74) is 2.71. The van der Waals surface area contributed by atoms with Gasteiger partial charge in [-0.05, 0) is 97.7 Å². The fourth-order valence-corrected chi connectivity index (χ4v) is 11.1. The highest BCUT2D eigenvalue weighted by Crippen LogP contribution is 2.64. The van der Waals surface area contributed by atoms with Gasteiger partial charge in [-0.3, -0.25) is 28.8 Å². The number of phenolic OH excluding ortho intramolecular Hbond substituents is 1. The molecule has 1 N–H and O–H groups in total. The van der Waals surface area contributed by atoms with E-state index in [0.29, 0.717) is 32.8 Å². The number of hydrogen-bond donors (Lipinski definition) is 1. The summed E-state index contributed by atoms with van der Waals surface area (Å²) in [4.78, 5) is 61.7. The van der Waals surface area contributed by atoms with Gasteiger partial charge >= 0.3 is 0 Å². The fraction of sp³-hybridized carbons (Fsp3) is 0.262. The van der Waals surface area contributed by atoms with Gasteiger partial charge in [0.25, 0.3) is 0 Å². The van der Waals surface area contributed by atoms with Crippen LogP contribution in [0.2, 0.25) is 10.0 Å².